The number of carboxylic acids is 1. The topological polar surface area (TPSA) is 146 Å². The number of hydrogen-bond acceptors (Lipinski definition) is 7. The van der Waals surface area contributed by atoms with Crippen molar-refractivity contribution in [1.82, 2.24) is 4.98 Å². The molecule has 1 unspecified atom stereocenters. The molecule has 0 fully saturated rings. The summed E-state index contributed by atoms with van der Waals surface area (Å²) in [6.45, 7) is 1.23. The van der Waals surface area contributed by atoms with Crippen molar-refractivity contribution in [3.05, 3.63) is 33.2 Å². The molecule has 0 spiro atoms. The maximum absolute atomic E-state index is 11.7. The Kier molecular flexibility index (Phi) is 7.84. The van der Waals surface area contributed by atoms with E-state index in [9.17, 15) is 22.5 Å². The van der Waals surface area contributed by atoms with E-state index < -0.39 is 26.0 Å². The molecule has 12 heteroatoms. The number of phenolic OH excluding ortho intramolecular Hbond substituents is 1. The molecule has 1 aromatic carbocycles. The Morgan fingerprint density at radius 2 is 2.04 bits per heavy atom. The summed E-state index contributed by atoms with van der Waals surface area (Å²) in [5, 5.41) is 20.2. The maximum atomic E-state index is 11.7. The first kappa shape index (κ1) is 21.4. The first-order valence-corrected chi connectivity index (χ1v) is 11.4. The second kappa shape index (κ2) is 9.16. The molecule has 0 bridgehead atoms. The van der Waals surface area contributed by atoms with Gasteiger partial charge in [-0.05, 0) is 15.9 Å². The molecule has 1 heterocycles. The van der Waals surface area contributed by atoms with Gasteiger partial charge in [-0.15, -0.1) is 11.3 Å². The van der Waals surface area contributed by atoms with E-state index in [2.05, 4.69) is 30.0 Å². The third kappa shape index (κ3) is 5.98. The first-order valence-electron chi connectivity index (χ1n) is 6.41. The zero-order valence-electron chi connectivity index (χ0n) is 13.0. The summed E-state index contributed by atoms with van der Waals surface area (Å²) in [6.07, 6.45) is 0. The SMILES string of the molecule is CO[As](=O)(O)c1cccc(O)c1NC(C)=O.O=C(O)c1ncsc1Br. The molecule has 1 aromatic heterocycles. The van der Waals surface area contributed by atoms with Crippen LogP contribution in [-0.2, 0) is 12.3 Å². The molecule has 0 saturated heterocycles. The van der Waals surface area contributed by atoms with Gasteiger partial charge in [-0.2, -0.15) is 0 Å². The summed E-state index contributed by atoms with van der Waals surface area (Å²) in [6, 6.07) is 4.04. The van der Waals surface area contributed by atoms with Gasteiger partial charge in [0.2, 0.25) is 0 Å². The van der Waals surface area contributed by atoms with Crippen LogP contribution in [0.2, 0.25) is 0 Å². The second-order valence-electron chi connectivity index (χ2n) is 4.34. The molecule has 0 saturated carbocycles. The molecule has 1 atom stereocenters. The Morgan fingerprint density at radius 1 is 1.40 bits per heavy atom. The number of benzene rings is 1. The molecule has 0 radical (unpaired) electrons. The molecular formula is C13H14AsBrN2O7S. The van der Waals surface area contributed by atoms with E-state index in [1.54, 1.807) is 0 Å². The van der Waals surface area contributed by atoms with Crippen molar-refractivity contribution in [2.75, 3.05) is 12.4 Å². The number of anilines is 1. The number of thiazole rings is 1. The molecule has 1 amide bonds. The van der Waals surface area contributed by atoms with Crippen molar-refractivity contribution in [3.8, 4) is 5.75 Å². The van der Waals surface area contributed by atoms with Gasteiger partial charge in [0.05, 0.1) is 5.51 Å². The summed E-state index contributed by atoms with van der Waals surface area (Å²) in [7, 11) is 1.10. The van der Waals surface area contributed by atoms with Crippen molar-refractivity contribution in [3.63, 3.8) is 0 Å². The fourth-order valence-electron chi connectivity index (χ4n) is 1.54. The molecule has 25 heavy (non-hydrogen) atoms. The first-order chi connectivity index (χ1) is 11.6. The third-order valence-corrected chi connectivity index (χ3v) is 7.25. The van der Waals surface area contributed by atoms with Gasteiger partial charge in [-0.3, -0.25) is 0 Å². The van der Waals surface area contributed by atoms with Crippen LogP contribution in [0.15, 0.2) is 27.5 Å². The van der Waals surface area contributed by atoms with E-state index in [1.165, 1.54) is 42.0 Å². The zero-order valence-corrected chi connectivity index (χ0v) is 17.2. The number of halogens is 1. The standard InChI is InChI=1S/C9H12AsNO5.C4H2BrNO2S/c1-6(12)11-9-7(10(14,15)16-2)4-3-5-8(9)13;5-3-2(4(7)8)6-1-9-3/h3-5,13H,1-2H3,(H,11,12)(H,14,15);1H,(H,7,8). The van der Waals surface area contributed by atoms with E-state index >= 15 is 0 Å². The zero-order chi connectivity index (χ0) is 19.2. The van der Waals surface area contributed by atoms with Crippen LogP contribution in [0, 0.1) is 0 Å². The molecule has 0 aliphatic rings. The number of amides is 1. The van der Waals surface area contributed by atoms with Crippen LogP contribution < -0.4 is 9.67 Å². The van der Waals surface area contributed by atoms with Gasteiger partial charge in [0.15, 0.2) is 5.69 Å². The molecule has 136 valence electrons. The summed E-state index contributed by atoms with van der Waals surface area (Å²) < 4.78 is 26.2. The normalized spacial score (nSPS) is 12.5. The van der Waals surface area contributed by atoms with Crippen LogP contribution in [0.3, 0.4) is 0 Å². The Morgan fingerprint density at radius 3 is 2.44 bits per heavy atom. The Hall–Kier alpha value is -1.65. The predicted molar refractivity (Wildman–Crippen MR) is 94.5 cm³/mol. The number of para-hydroxylation sites is 1. The van der Waals surface area contributed by atoms with Gasteiger partial charge in [0.1, 0.15) is 3.79 Å². The van der Waals surface area contributed by atoms with Gasteiger partial charge in [-0.1, -0.05) is 0 Å². The minimum absolute atomic E-state index is 0.0816. The van der Waals surface area contributed by atoms with Crippen LogP contribution in [-0.4, -0.2) is 52.5 Å². The van der Waals surface area contributed by atoms with E-state index in [-0.39, 0.29) is 21.5 Å². The molecule has 4 N–H and O–H groups in total. The maximum Gasteiger partial charge on any atom is 0.356 e. The fraction of sp³-hybridized carbons (Fsp3) is 0.154. The van der Waals surface area contributed by atoms with Crippen molar-refractivity contribution in [1.29, 1.82) is 0 Å². The molecular weight excluding hydrogens is 483 g/mol. The largest absolute Gasteiger partial charge is 0.476 e. The Labute approximate surface area is 157 Å². The van der Waals surface area contributed by atoms with Gasteiger partial charge < -0.3 is 5.11 Å². The molecule has 0 aliphatic heterocycles. The molecule has 2 aromatic rings. The third-order valence-electron chi connectivity index (χ3n) is 2.60. The number of hydrogen-bond donors (Lipinski definition) is 4. The van der Waals surface area contributed by atoms with Crippen molar-refractivity contribution < 1.29 is 31.4 Å². The quantitative estimate of drug-likeness (QED) is 0.364. The monoisotopic (exact) mass is 496 g/mol. The van der Waals surface area contributed by atoms with E-state index in [0.29, 0.717) is 3.79 Å². The summed E-state index contributed by atoms with van der Waals surface area (Å²) in [5.41, 5.74) is 1.48. The number of carbonyl (C=O) groups is 2. The smallest absolute Gasteiger partial charge is 0.356 e. The van der Waals surface area contributed by atoms with Gasteiger partial charge >= 0.3 is 101 Å². The number of rotatable bonds is 4. The average molecular weight is 497 g/mol. The van der Waals surface area contributed by atoms with Crippen molar-refractivity contribution >= 4 is 63.4 Å². The molecule has 9 nitrogen and oxygen atoms in total. The van der Waals surface area contributed by atoms with Crippen LogP contribution >= 0.6 is 27.3 Å². The number of aromatic carboxylic acids is 1. The molecule has 2 rings (SSSR count). The van der Waals surface area contributed by atoms with Gasteiger partial charge in [-0.25, -0.2) is 9.78 Å². The van der Waals surface area contributed by atoms with Crippen LogP contribution in [0.25, 0.3) is 0 Å². The average Bonchev–Trinajstić information content (AvgIpc) is 2.96. The van der Waals surface area contributed by atoms with Crippen molar-refractivity contribution in [2.24, 2.45) is 0 Å². The second-order valence-corrected chi connectivity index (χ2v) is 10.5. The van der Waals surface area contributed by atoms with E-state index in [0.717, 1.165) is 7.11 Å². The molecule has 0 aliphatic carbocycles. The van der Waals surface area contributed by atoms with Crippen LogP contribution in [0.5, 0.6) is 5.75 Å². The Balaban J connectivity index is 0.000000293. The van der Waals surface area contributed by atoms with E-state index in [4.69, 9.17) is 5.11 Å². The minimum atomic E-state index is -4.68. The minimum Gasteiger partial charge on any atom is -0.476 e. The number of aromatic hydroxyl groups is 1. The predicted octanol–water partition coefficient (Wildman–Crippen LogP) is 1.17. The fourth-order valence-corrected chi connectivity index (χ4v) is 4.50. The number of carbonyl (C=O) groups excluding carboxylic acids is 1. The van der Waals surface area contributed by atoms with Crippen LogP contribution in [0.4, 0.5) is 5.69 Å². The van der Waals surface area contributed by atoms with E-state index in [1.807, 2.05) is 0 Å². The Bertz CT molecular complexity index is 826. The van der Waals surface area contributed by atoms with Gasteiger partial charge in [0, 0.05) is 0 Å². The summed E-state index contributed by atoms with van der Waals surface area (Å²) in [5.74, 6) is -1.72. The number of nitrogens with one attached hydrogen (secondary N) is 1. The van der Waals surface area contributed by atoms with Crippen molar-refractivity contribution in [2.45, 2.75) is 6.92 Å². The number of nitrogens with zero attached hydrogens (tertiary/aromatic N) is 1. The number of aromatic nitrogens is 1. The summed E-state index contributed by atoms with van der Waals surface area (Å²) >= 11 is -0.377. The van der Waals surface area contributed by atoms with Crippen LogP contribution in [0.1, 0.15) is 17.4 Å². The summed E-state index contributed by atoms with van der Waals surface area (Å²) in [4.78, 5) is 24.7. The number of phenols is 1. The number of carboxylic acid groups (broad SMARTS) is 1. The van der Waals surface area contributed by atoms with Gasteiger partial charge in [0.25, 0.3) is 0 Å².